The number of hydrogen-bond donors (Lipinski definition) is 4. The molecule has 298 valence electrons. The lowest BCUT2D eigenvalue weighted by atomic mass is 9.75. The maximum absolute atomic E-state index is 14.1. The normalized spacial score (nSPS) is 49.2. The van der Waals surface area contributed by atoms with Crippen molar-refractivity contribution in [1.82, 2.24) is 4.90 Å². The predicted molar refractivity (Wildman–Crippen MR) is 191 cm³/mol. The van der Waals surface area contributed by atoms with E-state index in [1.807, 2.05) is 53.6 Å². The average molecular weight is 732 g/mol. The van der Waals surface area contributed by atoms with Gasteiger partial charge in [-0.15, -0.1) is 0 Å². The molecular weight excluding hydrogens is 662 g/mol. The van der Waals surface area contributed by atoms with Gasteiger partial charge < -0.3 is 58.5 Å². The molecule has 3 rings (SSSR count). The lowest BCUT2D eigenvalue weighted by molar-refractivity contribution is -0.319. The Labute approximate surface area is 305 Å². The molecule has 0 bridgehead atoms. The summed E-state index contributed by atoms with van der Waals surface area (Å²) in [6, 6.07) is -0.245. The molecule has 0 aromatic carbocycles. The van der Waals surface area contributed by atoms with E-state index in [-0.39, 0.29) is 30.9 Å². The van der Waals surface area contributed by atoms with E-state index in [4.69, 9.17) is 33.2 Å². The third kappa shape index (κ3) is 9.91. The molecule has 4 N–H and O–H groups in total. The highest BCUT2D eigenvalue weighted by atomic mass is 16.7. The van der Waals surface area contributed by atoms with Crippen LogP contribution in [0.3, 0.4) is 0 Å². The van der Waals surface area contributed by atoms with Crippen LogP contribution in [0.5, 0.6) is 0 Å². The van der Waals surface area contributed by atoms with E-state index in [9.17, 15) is 25.2 Å². The summed E-state index contributed by atoms with van der Waals surface area (Å²) in [7, 11) is 6.90. The largest absolute Gasteiger partial charge is 0.459 e. The molecule has 2 fully saturated rings. The smallest absolute Gasteiger partial charge is 0.311 e. The van der Waals surface area contributed by atoms with Crippen LogP contribution in [0.15, 0.2) is 11.6 Å². The van der Waals surface area contributed by atoms with E-state index in [2.05, 4.69) is 0 Å². The van der Waals surface area contributed by atoms with Crippen molar-refractivity contribution in [3.05, 3.63) is 11.6 Å². The molecule has 17 atom stereocenters. The van der Waals surface area contributed by atoms with Crippen LogP contribution in [0.2, 0.25) is 0 Å². The molecule has 51 heavy (non-hydrogen) atoms. The quantitative estimate of drug-likeness (QED) is 0.213. The number of rotatable bonds is 8. The van der Waals surface area contributed by atoms with Gasteiger partial charge in [0.05, 0.1) is 47.6 Å². The number of carbonyl (C=O) groups excluding carboxylic acids is 1. The van der Waals surface area contributed by atoms with Crippen molar-refractivity contribution in [3.63, 3.8) is 0 Å². The molecule has 13 heteroatoms. The highest BCUT2D eigenvalue weighted by Gasteiger charge is 2.52. The monoisotopic (exact) mass is 731 g/mol. The lowest BCUT2D eigenvalue weighted by Crippen LogP contribution is -2.61. The molecule has 0 aromatic heterocycles. The first-order valence-electron chi connectivity index (χ1n) is 18.6. The maximum atomic E-state index is 14.1. The van der Waals surface area contributed by atoms with Crippen molar-refractivity contribution in [1.29, 1.82) is 0 Å². The molecule has 3 aliphatic rings. The fourth-order valence-corrected chi connectivity index (χ4v) is 8.41. The summed E-state index contributed by atoms with van der Waals surface area (Å²) in [5.41, 5.74) is -3.17. The molecule has 0 aliphatic carbocycles. The van der Waals surface area contributed by atoms with Crippen LogP contribution >= 0.6 is 0 Å². The Bertz CT molecular complexity index is 1170. The first kappa shape index (κ1) is 44.2. The first-order chi connectivity index (χ1) is 23.5. The number of aliphatic hydroxyl groups is 4. The number of esters is 1. The van der Waals surface area contributed by atoms with Crippen LogP contribution in [0.25, 0.3) is 0 Å². The van der Waals surface area contributed by atoms with Gasteiger partial charge in [-0.2, -0.15) is 0 Å². The highest BCUT2D eigenvalue weighted by Crippen LogP contribution is 2.41. The van der Waals surface area contributed by atoms with Crippen LogP contribution in [0, 0.1) is 17.8 Å². The van der Waals surface area contributed by atoms with Crippen molar-refractivity contribution in [2.24, 2.45) is 17.8 Å². The van der Waals surface area contributed by atoms with Crippen LogP contribution in [0.4, 0.5) is 0 Å². The van der Waals surface area contributed by atoms with Crippen molar-refractivity contribution in [3.8, 4) is 0 Å². The van der Waals surface area contributed by atoms with Gasteiger partial charge in [-0.05, 0) is 99.4 Å². The molecule has 2 unspecified atom stereocenters. The van der Waals surface area contributed by atoms with Gasteiger partial charge in [0.15, 0.2) is 12.6 Å². The molecule has 2 saturated heterocycles. The summed E-state index contributed by atoms with van der Waals surface area (Å²) >= 11 is 0. The predicted octanol–water partition coefficient (Wildman–Crippen LogP) is 3.18. The summed E-state index contributed by atoms with van der Waals surface area (Å²) in [6.07, 6.45) is -5.53. The Morgan fingerprint density at radius 3 is 2.10 bits per heavy atom. The molecule has 3 aliphatic heterocycles. The minimum absolute atomic E-state index is 0.166. The number of likely N-dealkylation sites (N-methyl/N-ethyl adjacent to an activating group) is 1. The minimum atomic E-state index is -1.58. The van der Waals surface area contributed by atoms with Gasteiger partial charge in [-0.1, -0.05) is 20.8 Å². The van der Waals surface area contributed by atoms with Gasteiger partial charge in [-0.3, -0.25) is 4.79 Å². The zero-order chi connectivity index (χ0) is 38.8. The highest BCUT2D eigenvalue weighted by molar-refractivity contribution is 5.73. The molecule has 0 aromatic rings. The van der Waals surface area contributed by atoms with Gasteiger partial charge in [0, 0.05) is 32.6 Å². The molecule has 0 amide bonds. The number of aliphatic hydroxyl groups excluding tert-OH is 3. The van der Waals surface area contributed by atoms with Crippen molar-refractivity contribution >= 4 is 5.97 Å². The Morgan fingerprint density at radius 2 is 1.55 bits per heavy atom. The molecule has 0 spiro atoms. The number of cyclic esters (lactones) is 1. The topological polar surface area (TPSA) is 166 Å². The molecule has 0 radical (unpaired) electrons. The van der Waals surface area contributed by atoms with Crippen LogP contribution in [-0.4, -0.2) is 144 Å². The van der Waals surface area contributed by atoms with Gasteiger partial charge in [0.1, 0.15) is 23.9 Å². The number of carbonyl (C=O) groups is 1. The lowest BCUT2D eigenvalue weighted by Gasteiger charge is -2.50. The van der Waals surface area contributed by atoms with E-state index in [1.165, 1.54) is 7.11 Å². The Balaban J connectivity index is 2.21. The van der Waals surface area contributed by atoms with Gasteiger partial charge in [-0.25, -0.2) is 0 Å². The molecular formula is C38H69NO12. The number of nitrogens with zero attached hydrogens (tertiary/aromatic N) is 1. The van der Waals surface area contributed by atoms with Crippen molar-refractivity contribution < 1.29 is 58.4 Å². The maximum Gasteiger partial charge on any atom is 0.311 e. The van der Waals surface area contributed by atoms with Gasteiger partial charge >= 0.3 is 5.97 Å². The summed E-state index contributed by atoms with van der Waals surface area (Å²) < 4.78 is 44.1. The van der Waals surface area contributed by atoms with E-state index in [0.717, 1.165) is 0 Å². The summed E-state index contributed by atoms with van der Waals surface area (Å²) in [6.45, 7) is 18.0. The molecule has 0 saturated carbocycles. The third-order valence-corrected chi connectivity index (χ3v) is 11.8. The summed E-state index contributed by atoms with van der Waals surface area (Å²) in [5, 5.41) is 45.7. The standard InChI is InChI=1S/C38H69NO12/c1-15-27-36(8,44)17-20(2)29(40)21(3)18-38(10,46-14)33(51-35-30(41)26(39(11)12)16-22(4)47-35)23(5)31(24(6)34(43)49-27)50-28-19-37(9,45-13)32(42)25(7)48-28/h17,21-33,35,40-42,44H,15-16,18-19H2,1-14H3/b20-17-/t21-,22-,23+,24-,25+,26+,27-,28?,29-,30-,31+,32+,33-,35?,36+,37-,38-/m1/s1. The Morgan fingerprint density at radius 1 is 0.941 bits per heavy atom. The van der Waals surface area contributed by atoms with E-state index in [0.29, 0.717) is 18.4 Å². The van der Waals surface area contributed by atoms with E-state index in [1.54, 1.807) is 47.8 Å². The van der Waals surface area contributed by atoms with Crippen molar-refractivity contribution in [2.45, 2.75) is 179 Å². The van der Waals surface area contributed by atoms with Crippen LogP contribution in [0.1, 0.15) is 94.9 Å². The zero-order valence-electron chi connectivity index (χ0n) is 33.5. The minimum Gasteiger partial charge on any atom is -0.459 e. The Kier molecular flexibility index (Phi) is 15.1. The molecule has 3 heterocycles. The second-order valence-electron chi connectivity index (χ2n) is 16.4. The SMILES string of the molecule is CC[C@H]1OC(=O)[C@H](C)[C@@H](OC2C[C@@](C)(OC)[C@@H](O)[C@H](C)O2)[C@H](C)[C@@H](OC2O[C@H](C)C[C@H](N(C)C)[C@H]2O)[C@](C)(OC)C[C@@H](C)[C@H](O)/C(C)=C\[C@]1(C)O. The molecule has 13 nitrogen and oxygen atoms in total. The fraction of sp³-hybridized carbons (Fsp3) is 0.921. The first-order valence-corrected chi connectivity index (χ1v) is 18.6. The number of methoxy groups -OCH3 is 2. The third-order valence-electron chi connectivity index (χ3n) is 11.8. The van der Waals surface area contributed by atoms with Crippen LogP contribution in [-0.2, 0) is 38.0 Å². The second-order valence-corrected chi connectivity index (χ2v) is 16.4. The van der Waals surface area contributed by atoms with E-state index < -0.39 is 89.9 Å². The van der Waals surface area contributed by atoms with E-state index >= 15 is 0 Å². The Hall–Kier alpha value is -1.23. The fourth-order valence-electron chi connectivity index (χ4n) is 8.41. The van der Waals surface area contributed by atoms with Crippen molar-refractivity contribution in [2.75, 3.05) is 28.3 Å². The van der Waals surface area contributed by atoms with Crippen LogP contribution < -0.4 is 0 Å². The zero-order valence-corrected chi connectivity index (χ0v) is 33.5. The summed E-state index contributed by atoms with van der Waals surface area (Å²) in [4.78, 5) is 16.1. The number of ether oxygens (including phenoxy) is 7. The average Bonchev–Trinajstić information content (AvgIpc) is 3.06. The summed E-state index contributed by atoms with van der Waals surface area (Å²) in [5.74, 6) is -2.56. The van der Waals surface area contributed by atoms with Gasteiger partial charge in [0.2, 0.25) is 0 Å². The van der Waals surface area contributed by atoms with Gasteiger partial charge in [0.25, 0.3) is 0 Å². The second kappa shape index (κ2) is 17.5. The number of hydrogen-bond acceptors (Lipinski definition) is 13.